The molecule has 0 aliphatic carbocycles. The van der Waals surface area contributed by atoms with Crippen LogP contribution in [0.5, 0.6) is 0 Å². The number of nitrogens with one attached hydrogen (secondary N) is 3. The molecule has 0 aliphatic heterocycles. The Kier molecular flexibility index (Phi) is 7.10. The highest BCUT2D eigenvalue weighted by Crippen LogP contribution is 2.30. The number of hydrogen-bond acceptors (Lipinski definition) is 6. The minimum absolute atomic E-state index is 0.0252. The average molecular weight is 451 g/mol. The lowest BCUT2D eigenvalue weighted by molar-refractivity contribution is -0.141. The van der Waals surface area contributed by atoms with E-state index in [1.165, 1.54) is 12.5 Å². The molecule has 2 heterocycles. The van der Waals surface area contributed by atoms with Crippen molar-refractivity contribution in [2.75, 3.05) is 0 Å². The second kappa shape index (κ2) is 9.95. The second-order valence-electron chi connectivity index (χ2n) is 6.01. The Morgan fingerprint density at radius 3 is 2.63 bits per heavy atom. The number of carbonyl (C=O) groups excluding carboxylic acids is 3. The largest absolute Gasteiger partial charge is 0.467 e. The van der Waals surface area contributed by atoms with E-state index < -0.39 is 17.7 Å². The first-order valence-corrected chi connectivity index (χ1v) is 9.47. The quantitative estimate of drug-likeness (QED) is 0.391. The lowest BCUT2D eigenvalue weighted by atomic mass is 10.2. The monoisotopic (exact) mass is 450 g/mol. The lowest BCUT2D eigenvalue weighted by Crippen LogP contribution is -2.48. The minimum atomic E-state index is -1.01. The van der Waals surface area contributed by atoms with Gasteiger partial charge in [0.2, 0.25) is 5.91 Å². The van der Waals surface area contributed by atoms with Crippen LogP contribution < -0.4 is 16.2 Å². The molecule has 0 spiro atoms. The van der Waals surface area contributed by atoms with Crippen molar-refractivity contribution in [2.45, 2.75) is 19.4 Å². The molecule has 11 heteroatoms. The number of oxazole rings is 1. The van der Waals surface area contributed by atoms with Crippen molar-refractivity contribution in [3.8, 4) is 11.3 Å². The van der Waals surface area contributed by atoms with E-state index in [0.717, 1.165) is 0 Å². The zero-order valence-corrected chi connectivity index (χ0v) is 16.9. The highest BCUT2D eigenvalue weighted by molar-refractivity contribution is 6.36. The molecule has 0 atom stereocenters. The van der Waals surface area contributed by atoms with Crippen LogP contribution in [0.1, 0.15) is 18.1 Å². The third kappa shape index (κ3) is 5.85. The van der Waals surface area contributed by atoms with Crippen molar-refractivity contribution in [1.29, 1.82) is 0 Å². The number of hydrazine groups is 1. The van der Waals surface area contributed by atoms with Crippen LogP contribution in [-0.2, 0) is 27.3 Å². The Hall–Kier alpha value is -3.30. The summed E-state index contributed by atoms with van der Waals surface area (Å²) in [7, 11) is 0. The van der Waals surface area contributed by atoms with E-state index in [2.05, 4.69) is 15.7 Å². The maximum absolute atomic E-state index is 11.9. The van der Waals surface area contributed by atoms with E-state index in [1.54, 1.807) is 30.3 Å². The molecule has 0 unspecified atom stereocenters. The molecule has 9 nitrogen and oxygen atoms in total. The Morgan fingerprint density at radius 2 is 1.90 bits per heavy atom. The molecule has 156 valence electrons. The first-order chi connectivity index (χ1) is 14.4. The predicted molar refractivity (Wildman–Crippen MR) is 107 cm³/mol. The predicted octanol–water partition coefficient (Wildman–Crippen LogP) is 2.64. The standard InChI is InChI=1S/C19H16Cl2N4O5/c20-11-3-4-13(14(21)8-11)15-10-22-17(30-15)6-5-16(26)24-25-19(28)18(27)23-9-12-2-1-7-29-12/h1-4,7-8,10H,5-6,9H2,(H,23,27)(H,24,26)(H,25,28). The minimum Gasteiger partial charge on any atom is -0.467 e. The normalized spacial score (nSPS) is 10.5. The molecule has 0 aliphatic rings. The maximum atomic E-state index is 11.9. The number of aromatic nitrogens is 1. The summed E-state index contributed by atoms with van der Waals surface area (Å²) < 4.78 is 10.6. The van der Waals surface area contributed by atoms with Gasteiger partial charge in [0.25, 0.3) is 0 Å². The van der Waals surface area contributed by atoms with Crippen LogP contribution >= 0.6 is 23.2 Å². The SMILES string of the molecule is O=C(CCc1ncc(-c2ccc(Cl)cc2Cl)o1)NNC(=O)C(=O)NCc1ccco1. The molecule has 3 amide bonds. The summed E-state index contributed by atoms with van der Waals surface area (Å²) in [5.41, 5.74) is 4.81. The van der Waals surface area contributed by atoms with Gasteiger partial charge in [0, 0.05) is 23.4 Å². The summed E-state index contributed by atoms with van der Waals surface area (Å²) in [6, 6.07) is 8.26. The molecule has 3 aromatic rings. The Balaban J connectivity index is 1.42. The Morgan fingerprint density at radius 1 is 1.07 bits per heavy atom. The number of carbonyl (C=O) groups is 3. The molecular weight excluding hydrogens is 435 g/mol. The molecule has 0 radical (unpaired) electrons. The lowest BCUT2D eigenvalue weighted by Gasteiger charge is -2.06. The number of hydrogen-bond donors (Lipinski definition) is 3. The van der Waals surface area contributed by atoms with Gasteiger partial charge in [-0.2, -0.15) is 0 Å². The van der Waals surface area contributed by atoms with Gasteiger partial charge in [0.15, 0.2) is 11.7 Å². The van der Waals surface area contributed by atoms with Gasteiger partial charge < -0.3 is 14.2 Å². The van der Waals surface area contributed by atoms with E-state index in [4.69, 9.17) is 32.0 Å². The Labute approximate surface area is 180 Å². The van der Waals surface area contributed by atoms with Crippen molar-refractivity contribution < 1.29 is 23.2 Å². The van der Waals surface area contributed by atoms with Crippen LogP contribution in [-0.4, -0.2) is 22.7 Å². The fraction of sp³-hybridized carbons (Fsp3) is 0.158. The molecule has 1 aromatic carbocycles. The van der Waals surface area contributed by atoms with E-state index in [9.17, 15) is 14.4 Å². The number of nitrogens with zero attached hydrogens (tertiary/aromatic N) is 1. The fourth-order valence-corrected chi connectivity index (χ4v) is 2.87. The third-order valence-corrected chi connectivity index (χ3v) is 4.39. The van der Waals surface area contributed by atoms with Gasteiger partial charge in [-0.05, 0) is 30.3 Å². The highest BCUT2D eigenvalue weighted by Gasteiger charge is 2.15. The van der Waals surface area contributed by atoms with Crippen LogP contribution in [0.3, 0.4) is 0 Å². The Bertz CT molecular complexity index is 1050. The summed E-state index contributed by atoms with van der Waals surface area (Å²) in [5.74, 6) is -1.20. The molecule has 0 fully saturated rings. The number of amides is 3. The van der Waals surface area contributed by atoms with Gasteiger partial charge >= 0.3 is 11.8 Å². The van der Waals surface area contributed by atoms with Gasteiger partial charge in [0.05, 0.1) is 24.0 Å². The zero-order valence-electron chi connectivity index (χ0n) is 15.4. The molecular formula is C19H16Cl2N4O5. The van der Waals surface area contributed by atoms with E-state index in [1.807, 2.05) is 5.43 Å². The number of aryl methyl sites for hydroxylation is 1. The molecule has 0 saturated heterocycles. The third-order valence-electron chi connectivity index (χ3n) is 3.84. The first-order valence-electron chi connectivity index (χ1n) is 8.72. The summed E-state index contributed by atoms with van der Waals surface area (Å²) in [5, 5.41) is 3.26. The molecule has 3 rings (SSSR count). The van der Waals surface area contributed by atoms with Crippen LogP contribution in [0.25, 0.3) is 11.3 Å². The van der Waals surface area contributed by atoms with Gasteiger partial charge in [0.1, 0.15) is 5.76 Å². The van der Waals surface area contributed by atoms with Crippen LogP contribution in [0.4, 0.5) is 0 Å². The van der Waals surface area contributed by atoms with Crippen LogP contribution in [0.2, 0.25) is 10.0 Å². The number of benzene rings is 1. The van der Waals surface area contributed by atoms with E-state index >= 15 is 0 Å². The fourth-order valence-electron chi connectivity index (χ4n) is 2.37. The molecule has 30 heavy (non-hydrogen) atoms. The van der Waals surface area contributed by atoms with Crippen molar-refractivity contribution in [2.24, 2.45) is 0 Å². The summed E-state index contributed by atoms with van der Waals surface area (Å²) >= 11 is 12.0. The highest BCUT2D eigenvalue weighted by atomic mass is 35.5. The van der Waals surface area contributed by atoms with E-state index in [-0.39, 0.29) is 19.4 Å². The van der Waals surface area contributed by atoms with Crippen LogP contribution in [0, 0.1) is 0 Å². The molecule has 3 N–H and O–H groups in total. The van der Waals surface area contributed by atoms with Crippen molar-refractivity contribution >= 4 is 40.9 Å². The van der Waals surface area contributed by atoms with Gasteiger partial charge in [-0.15, -0.1) is 0 Å². The summed E-state index contributed by atoms with van der Waals surface area (Å²) in [6.07, 6.45) is 3.09. The number of furan rings is 1. The molecule has 0 bridgehead atoms. The molecule has 0 saturated carbocycles. The smallest absolute Gasteiger partial charge is 0.327 e. The second-order valence-corrected chi connectivity index (χ2v) is 6.85. The van der Waals surface area contributed by atoms with Gasteiger partial charge in [-0.25, -0.2) is 4.98 Å². The van der Waals surface area contributed by atoms with E-state index in [0.29, 0.717) is 33.0 Å². The van der Waals surface area contributed by atoms with Crippen molar-refractivity contribution in [3.05, 3.63) is 64.5 Å². The van der Waals surface area contributed by atoms with Crippen molar-refractivity contribution in [3.63, 3.8) is 0 Å². The molecule has 2 aromatic heterocycles. The first kappa shape index (κ1) is 21.4. The summed E-state index contributed by atoms with van der Waals surface area (Å²) in [4.78, 5) is 39.3. The topological polar surface area (TPSA) is 126 Å². The number of rotatable bonds is 6. The average Bonchev–Trinajstić information content (AvgIpc) is 3.40. The van der Waals surface area contributed by atoms with Gasteiger partial charge in [-0.3, -0.25) is 25.2 Å². The van der Waals surface area contributed by atoms with Gasteiger partial charge in [-0.1, -0.05) is 23.2 Å². The van der Waals surface area contributed by atoms with Crippen molar-refractivity contribution in [1.82, 2.24) is 21.2 Å². The number of halogens is 2. The summed E-state index contributed by atoms with van der Waals surface area (Å²) in [6.45, 7) is 0.0529. The van der Waals surface area contributed by atoms with Crippen LogP contribution in [0.15, 0.2) is 51.6 Å². The maximum Gasteiger partial charge on any atom is 0.327 e. The zero-order chi connectivity index (χ0) is 21.5.